The summed E-state index contributed by atoms with van der Waals surface area (Å²) in [5, 5.41) is 7.77. The number of aryl methyl sites for hydroxylation is 1. The van der Waals surface area contributed by atoms with Gasteiger partial charge >= 0.3 is 0 Å². The van der Waals surface area contributed by atoms with Gasteiger partial charge in [-0.1, -0.05) is 32.0 Å². The maximum atomic E-state index is 13.0. The van der Waals surface area contributed by atoms with Crippen LogP contribution in [-0.4, -0.2) is 20.7 Å². The number of hydrogen-bond acceptors (Lipinski definition) is 3. The molecule has 0 aliphatic rings. The highest BCUT2D eigenvalue weighted by Gasteiger charge is 2.22. The van der Waals surface area contributed by atoms with E-state index in [0.717, 1.165) is 34.8 Å². The molecule has 5 heteroatoms. The molecule has 27 heavy (non-hydrogen) atoms. The summed E-state index contributed by atoms with van der Waals surface area (Å²) in [6.45, 7) is 8.68. The van der Waals surface area contributed by atoms with Crippen molar-refractivity contribution in [3.8, 4) is 5.69 Å². The number of carbonyl (C=O) groups is 1. The minimum absolute atomic E-state index is 0.104. The molecule has 0 atom stereocenters. The molecule has 0 aliphatic heterocycles. The van der Waals surface area contributed by atoms with E-state index >= 15 is 0 Å². The van der Waals surface area contributed by atoms with E-state index in [2.05, 4.69) is 43.2 Å². The van der Waals surface area contributed by atoms with Gasteiger partial charge in [-0.3, -0.25) is 9.78 Å². The lowest BCUT2D eigenvalue weighted by Crippen LogP contribution is -2.25. The first-order valence-electron chi connectivity index (χ1n) is 9.29. The van der Waals surface area contributed by atoms with Crippen LogP contribution in [-0.2, 0) is 13.0 Å². The van der Waals surface area contributed by atoms with Crippen LogP contribution in [0.15, 0.2) is 48.7 Å². The van der Waals surface area contributed by atoms with E-state index in [1.54, 1.807) is 6.20 Å². The number of pyridine rings is 1. The summed E-state index contributed by atoms with van der Waals surface area (Å²) in [6.07, 6.45) is 2.48. The molecular weight excluding hydrogens is 336 g/mol. The van der Waals surface area contributed by atoms with Crippen LogP contribution in [0, 0.1) is 19.8 Å². The summed E-state index contributed by atoms with van der Waals surface area (Å²) in [6, 6.07) is 13.8. The van der Waals surface area contributed by atoms with E-state index in [1.165, 1.54) is 0 Å². The maximum Gasteiger partial charge on any atom is 0.255 e. The number of rotatable bonds is 6. The van der Waals surface area contributed by atoms with Crippen LogP contribution < -0.4 is 5.32 Å². The molecule has 3 rings (SSSR count). The van der Waals surface area contributed by atoms with Gasteiger partial charge in [-0.25, -0.2) is 4.68 Å². The van der Waals surface area contributed by atoms with Crippen molar-refractivity contribution >= 4 is 5.91 Å². The normalized spacial score (nSPS) is 11.0. The molecule has 0 unspecified atom stereocenters. The monoisotopic (exact) mass is 362 g/mol. The van der Waals surface area contributed by atoms with Crippen molar-refractivity contribution in [2.24, 2.45) is 5.92 Å². The highest BCUT2D eigenvalue weighted by molar-refractivity contribution is 5.96. The van der Waals surface area contributed by atoms with Crippen LogP contribution in [0.5, 0.6) is 0 Å². The second-order valence-electron chi connectivity index (χ2n) is 7.26. The molecule has 0 spiro atoms. The third-order valence-corrected chi connectivity index (χ3v) is 4.42. The molecule has 1 aromatic carbocycles. The van der Waals surface area contributed by atoms with Crippen molar-refractivity contribution in [2.45, 2.75) is 40.7 Å². The number of aromatic nitrogens is 3. The lowest BCUT2D eigenvalue weighted by atomic mass is 10.0. The zero-order valence-corrected chi connectivity index (χ0v) is 16.4. The Balaban J connectivity index is 1.93. The number of amides is 1. The lowest BCUT2D eigenvalue weighted by molar-refractivity contribution is 0.0948. The number of carbonyl (C=O) groups excluding carboxylic acids is 1. The standard InChI is InChI=1S/C22H26N4O/c1-15(2)12-20-21(22(27)24-14-18-9-5-6-11-23-18)17(4)26(25-20)19-10-7-8-16(3)13-19/h5-11,13,15H,12,14H2,1-4H3,(H,24,27). The van der Waals surface area contributed by atoms with Gasteiger partial charge in [0.2, 0.25) is 0 Å². The van der Waals surface area contributed by atoms with E-state index in [4.69, 9.17) is 5.10 Å². The van der Waals surface area contributed by atoms with Crippen molar-refractivity contribution in [2.75, 3.05) is 0 Å². The lowest BCUT2D eigenvalue weighted by Gasteiger charge is -2.08. The zero-order valence-electron chi connectivity index (χ0n) is 16.4. The molecule has 0 saturated carbocycles. The average molecular weight is 362 g/mol. The van der Waals surface area contributed by atoms with Crippen LogP contribution in [0.3, 0.4) is 0 Å². The van der Waals surface area contributed by atoms with Crippen LogP contribution in [0.2, 0.25) is 0 Å². The first-order valence-corrected chi connectivity index (χ1v) is 9.29. The topological polar surface area (TPSA) is 59.8 Å². The summed E-state index contributed by atoms with van der Waals surface area (Å²) < 4.78 is 1.88. The first kappa shape index (κ1) is 18.8. The van der Waals surface area contributed by atoms with E-state index in [-0.39, 0.29) is 5.91 Å². The van der Waals surface area contributed by atoms with Crippen LogP contribution in [0.1, 0.15) is 46.9 Å². The van der Waals surface area contributed by atoms with Crippen molar-refractivity contribution < 1.29 is 4.79 Å². The third-order valence-electron chi connectivity index (χ3n) is 4.42. The van der Waals surface area contributed by atoms with Crippen molar-refractivity contribution in [3.05, 3.63) is 76.9 Å². The summed E-state index contributed by atoms with van der Waals surface area (Å²) in [5.41, 5.74) is 5.33. The number of benzene rings is 1. The van der Waals surface area contributed by atoms with E-state index in [9.17, 15) is 4.79 Å². The van der Waals surface area contributed by atoms with Gasteiger partial charge in [0.25, 0.3) is 5.91 Å². The predicted molar refractivity (Wildman–Crippen MR) is 107 cm³/mol. The Bertz CT molecular complexity index is 929. The van der Waals surface area contributed by atoms with Crippen molar-refractivity contribution in [3.63, 3.8) is 0 Å². The van der Waals surface area contributed by atoms with Gasteiger partial charge in [-0.15, -0.1) is 0 Å². The maximum absolute atomic E-state index is 13.0. The molecule has 0 radical (unpaired) electrons. The van der Waals surface area contributed by atoms with Crippen molar-refractivity contribution in [1.82, 2.24) is 20.1 Å². The van der Waals surface area contributed by atoms with E-state index in [1.807, 2.05) is 41.9 Å². The molecule has 2 heterocycles. The molecule has 1 amide bonds. The van der Waals surface area contributed by atoms with Gasteiger partial charge in [0.05, 0.1) is 34.9 Å². The number of nitrogens with zero attached hydrogens (tertiary/aromatic N) is 3. The number of hydrogen-bond donors (Lipinski definition) is 1. The fourth-order valence-electron chi connectivity index (χ4n) is 3.16. The Morgan fingerprint density at radius 3 is 2.63 bits per heavy atom. The molecule has 5 nitrogen and oxygen atoms in total. The molecule has 0 fully saturated rings. The molecule has 2 aromatic heterocycles. The molecular formula is C22H26N4O. The minimum Gasteiger partial charge on any atom is -0.346 e. The summed E-state index contributed by atoms with van der Waals surface area (Å²) in [5.74, 6) is 0.306. The Kier molecular flexibility index (Phi) is 5.69. The second kappa shape index (κ2) is 8.16. The van der Waals surface area contributed by atoms with Crippen molar-refractivity contribution in [1.29, 1.82) is 0 Å². The van der Waals surface area contributed by atoms with Crippen LogP contribution in [0.25, 0.3) is 5.69 Å². The zero-order chi connectivity index (χ0) is 19.4. The molecule has 0 saturated heterocycles. The second-order valence-corrected chi connectivity index (χ2v) is 7.26. The fourth-order valence-corrected chi connectivity index (χ4v) is 3.16. The first-order chi connectivity index (χ1) is 13.0. The highest BCUT2D eigenvalue weighted by Crippen LogP contribution is 2.21. The van der Waals surface area contributed by atoms with Gasteiger partial charge in [0.1, 0.15) is 0 Å². The largest absolute Gasteiger partial charge is 0.346 e. The smallest absolute Gasteiger partial charge is 0.255 e. The Hall–Kier alpha value is -2.95. The van der Waals surface area contributed by atoms with Gasteiger partial charge < -0.3 is 5.32 Å². The SMILES string of the molecule is Cc1cccc(-n2nc(CC(C)C)c(C(=O)NCc3ccccn3)c2C)c1. The molecule has 0 bridgehead atoms. The van der Waals surface area contributed by atoms with Crippen LogP contribution >= 0.6 is 0 Å². The Morgan fingerprint density at radius 1 is 1.15 bits per heavy atom. The molecule has 140 valence electrons. The highest BCUT2D eigenvalue weighted by atomic mass is 16.1. The predicted octanol–water partition coefficient (Wildman–Crippen LogP) is 4.01. The van der Waals surface area contributed by atoms with Gasteiger partial charge in [-0.2, -0.15) is 5.10 Å². The van der Waals surface area contributed by atoms with Gasteiger partial charge in [0.15, 0.2) is 0 Å². The molecule has 1 N–H and O–H groups in total. The third kappa shape index (κ3) is 4.42. The summed E-state index contributed by atoms with van der Waals surface area (Å²) in [7, 11) is 0. The van der Waals surface area contributed by atoms with E-state index < -0.39 is 0 Å². The fraction of sp³-hybridized carbons (Fsp3) is 0.318. The van der Waals surface area contributed by atoms with Crippen LogP contribution in [0.4, 0.5) is 0 Å². The Morgan fingerprint density at radius 2 is 1.96 bits per heavy atom. The Labute approximate surface area is 160 Å². The summed E-state index contributed by atoms with van der Waals surface area (Å²) in [4.78, 5) is 17.2. The molecule has 3 aromatic rings. The number of nitrogens with one attached hydrogen (secondary N) is 1. The van der Waals surface area contributed by atoms with Gasteiger partial charge in [-0.05, 0) is 56.0 Å². The molecule has 0 aliphatic carbocycles. The minimum atomic E-state index is -0.104. The average Bonchev–Trinajstić information content (AvgIpc) is 2.96. The quantitative estimate of drug-likeness (QED) is 0.721. The van der Waals surface area contributed by atoms with E-state index in [0.29, 0.717) is 18.0 Å². The van der Waals surface area contributed by atoms with Gasteiger partial charge in [0, 0.05) is 6.20 Å². The summed E-state index contributed by atoms with van der Waals surface area (Å²) >= 11 is 0.